The van der Waals surface area contributed by atoms with Crippen molar-refractivity contribution in [2.75, 3.05) is 6.61 Å². The first-order valence-corrected chi connectivity index (χ1v) is 5.42. The fourth-order valence-corrected chi connectivity index (χ4v) is 1.27. The fraction of sp³-hybridized carbons (Fsp3) is 0.818. The summed E-state index contributed by atoms with van der Waals surface area (Å²) in [5, 5.41) is 8.53. The average molecular weight is 260 g/mol. The minimum Gasteiger partial charge on any atom is -0.396 e. The van der Waals surface area contributed by atoms with Crippen LogP contribution in [0.15, 0.2) is 11.6 Å². The molecule has 0 aromatic rings. The number of unbranched alkanes of at least 4 members (excludes halogenated alkanes) is 1. The molecule has 0 aromatic heterocycles. The molecule has 6 heteroatoms. The quantitative estimate of drug-likeness (QED) is 0.415. The highest BCUT2D eigenvalue weighted by Gasteiger charge is 2.56. The summed E-state index contributed by atoms with van der Waals surface area (Å²) in [6.45, 7) is 1.80. The predicted molar refractivity (Wildman–Crippen MR) is 54.9 cm³/mol. The highest BCUT2D eigenvalue weighted by atomic mass is 19.4. The van der Waals surface area contributed by atoms with Crippen molar-refractivity contribution >= 4 is 0 Å². The van der Waals surface area contributed by atoms with Gasteiger partial charge in [0.05, 0.1) is 0 Å². The van der Waals surface area contributed by atoms with Crippen LogP contribution in [0.3, 0.4) is 0 Å². The van der Waals surface area contributed by atoms with Gasteiger partial charge in [0.2, 0.25) is 0 Å². The van der Waals surface area contributed by atoms with E-state index in [1.807, 2.05) is 0 Å². The van der Waals surface area contributed by atoms with E-state index in [0.29, 0.717) is 12.8 Å². The van der Waals surface area contributed by atoms with Gasteiger partial charge >= 0.3 is 12.1 Å². The second kappa shape index (κ2) is 6.93. The second-order valence-corrected chi connectivity index (χ2v) is 3.97. The maximum atomic E-state index is 12.5. The Balaban J connectivity index is 3.92. The molecular formula is C11H17F5O. The van der Waals surface area contributed by atoms with Crippen molar-refractivity contribution in [3.05, 3.63) is 11.6 Å². The van der Waals surface area contributed by atoms with Crippen LogP contribution in [0, 0.1) is 0 Å². The molecule has 0 bridgehead atoms. The van der Waals surface area contributed by atoms with Crippen molar-refractivity contribution < 1.29 is 27.1 Å². The first-order valence-electron chi connectivity index (χ1n) is 5.42. The topological polar surface area (TPSA) is 20.2 Å². The van der Waals surface area contributed by atoms with Gasteiger partial charge in [0.25, 0.3) is 0 Å². The zero-order chi connectivity index (χ0) is 13.5. The van der Waals surface area contributed by atoms with Crippen LogP contribution >= 0.6 is 0 Å². The van der Waals surface area contributed by atoms with Gasteiger partial charge < -0.3 is 5.11 Å². The number of rotatable bonds is 7. The summed E-state index contributed by atoms with van der Waals surface area (Å²) in [4.78, 5) is 0. The van der Waals surface area contributed by atoms with Crippen LogP contribution in [-0.2, 0) is 0 Å². The van der Waals surface area contributed by atoms with E-state index in [4.69, 9.17) is 5.11 Å². The summed E-state index contributed by atoms with van der Waals surface area (Å²) in [6.07, 6.45) is -3.80. The summed E-state index contributed by atoms with van der Waals surface area (Å²) < 4.78 is 60.3. The molecule has 0 saturated heterocycles. The van der Waals surface area contributed by atoms with Crippen LogP contribution < -0.4 is 0 Å². The molecular weight excluding hydrogens is 243 g/mol. The lowest BCUT2D eigenvalue weighted by Gasteiger charge is -2.18. The van der Waals surface area contributed by atoms with Gasteiger partial charge in [-0.05, 0) is 32.6 Å². The monoisotopic (exact) mass is 260 g/mol. The van der Waals surface area contributed by atoms with E-state index in [2.05, 4.69) is 0 Å². The molecule has 1 N–H and O–H groups in total. The fourth-order valence-electron chi connectivity index (χ4n) is 1.27. The van der Waals surface area contributed by atoms with E-state index in [-0.39, 0.29) is 19.4 Å². The molecule has 0 heterocycles. The molecule has 17 heavy (non-hydrogen) atoms. The zero-order valence-electron chi connectivity index (χ0n) is 9.66. The molecule has 0 unspecified atom stereocenters. The van der Waals surface area contributed by atoms with Crippen molar-refractivity contribution in [3.8, 4) is 0 Å². The van der Waals surface area contributed by atoms with Gasteiger partial charge in [-0.25, -0.2) is 0 Å². The van der Waals surface area contributed by atoms with Crippen molar-refractivity contribution in [1.29, 1.82) is 0 Å². The molecule has 0 aliphatic rings. The van der Waals surface area contributed by atoms with Crippen molar-refractivity contribution in [3.63, 3.8) is 0 Å². The lowest BCUT2D eigenvalue weighted by Crippen LogP contribution is -2.36. The van der Waals surface area contributed by atoms with Crippen LogP contribution in [0.5, 0.6) is 0 Å². The molecule has 0 radical (unpaired) electrons. The Morgan fingerprint density at radius 1 is 1.12 bits per heavy atom. The van der Waals surface area contributed by atoms with E-state index in [0.717, 1.165) is 5.57 Å². The summed E-state index contributed by atoms with van der Waals surface area (Å²) in [5.74, 6) is -4.60. The van der Waals surface area contributed by atoms with Crippen molar-refractivity contribution in [2.45, 2.75) is 51.1 Å². The molecule has 0 saturated carbocycles. The summed E-state index contributed by atoms with van der Waals surface area (Å²) >= 11 is 0. The van der Waals surface area contributed by atoms with Gasteiger partial charge in [-0.1, -0.05) is 11.6 Å². The van der Waals surface area contributed by atoms with Crippen LogP contribution in [0.1, 0.15) is 39.0 Å². The molecule has 0 fully saturated rings. The lowest BCUT2D eigenvalue weighted by molar-refractivity contribution is -0.284. The van der Waals surface area contributed by atoms with Gasteiger partial charge in [-0.15, -0.1) is 0 Å². The SMILES string of the molecule is CC(=CCCCC(F)(F)C(F)(F)F)CCCO. The minimum atomic E-state index is -5.46. The maximum absolute atomic E-state index is 12.5. The third-order valence-corrected chi connectivity index (χ3v) is 2.33. The smallest absolute Gasteiger partial charge is 0.396 e. The maximum Gasteiger partial charge on any atom is 0.453 e. The number of alkyl halides is 5. The first kappa shape index (κ1) is 16.4. The third-order valence-electron chi connectivity index (χ3n) is 2.33. The van der Waals surface area contributed by atoms with E-state index < -0.39 is 18.5 Å². The molecule has 0 atom stereocenters. The molecule has 0 aliphatic heterocycles. The summed E-state index contributed by atoms with van der Waals surface area (Å²) in [5.41, 5.74) is 0.898. The van der Waals surface area contributed by atoms with E-state index in [9.17, 15) is 22.0 Å². The Bertz CT molecular complexity index is 245. The number of hydrogen-bond donors (Lipinski definition) is 1. The number of aliphatic hydroxyl groups excluding tert-OH is 1. The third kappa shape index (κ3) is 6.61. The lowest BCUT2D eigenvalue weighted by atomic mass is 10.1. The van der Waals surface area contributed by atoms with Crippen molar-refractivity contribution in [2.24, 2.45) is 0 Å². The number of halogens is 5. The molecule has 0 aromatic carbocycles. The van der Waals surface area contributed by atoms with Crippen LogP contribution in [0.4, 0.5) is 22.0 Å². The Hall–Kier alpha value is -0.650. The predicted octanol–water partition coefficient (Wildman–Crippen LogP) is 4.07. The van der Waals surface area contributed by atoms with E-state index in [1.54, 1.807) is 13.0 Å². The summed E-state index contributed by atoms with van der Waals surface area (Å²) in [7, 11) is 0. The molecule has 0 rings (SSSR count). The number of aliphatic hydroxyl groups is 1. The van der Waals surface area contributed by atoms with Crippen molar-refractivity contribution in [1.82, 2.24) is 0 Å². The highest BCUT2D eigenvalue weighted by molar-refractivity contribution is 4.97. The van der Waals surface area contributed by atoms with Gasteiger partial charge in [0.15, 0.2) is 0 Å². The van der Waals surface area contributed by atoms with E-state index in [1.165, 1.54) is 0 Å². The standard InChI is InChI=1S/C11H17F5O/c1-9(6-4-8-17)5-2-3-7-10(12,13)11(14,15)16/h5,17H,2-4,6-8H2,1H3. The van der Waals surface area contributed by atoms with Gasteiger partial charge in [0, 0.05) is 13.0 Å². The largest absolute Gasteiger partial charge is 0.453 e. The Kier molecular flexibility index (Phi) is 6.67. The van der Waals surface area contributed by atoms with Gasteiger partial charge in [0.1, 0.15) is 0 Å². The van der Waals surface area contributed by atoms with Crippen LogP contribution in [0.2, 0.25) is 0 Å². The van der Waals surface area contributed by atoms with E-state index >= 15 is 0 Å². The Morgan fingerprint density at radius 2 is 1.71 bits per heavy atom. The molecule has 0 spiro atoms. The highest BCUT2D eigenvalue weighted by Crippen LogP contribution is 2.39. The van der Waals surface area contributed by atoms with Crippen LogP contribution in [-0.4, -0.2) is 23.8 Å². The molecule has 1 nitrogen and oxygen atoms in total. The van der Waals surface area contributed by atoms with Gasteiger partial charge in [-0.3, -0.25) is 0 Å². The number of allylic oxidation sites excluding steroid dienone is 2. The van der Waals surface area contributed by atoms with Crippen LogP contribution in [0.25, 0.3) is 0 Å². The number of hydrogen-bond acceptors (Lipinski definition) is 1. The second-order valence-electron chi connectivity index (χ2n) is 3.97. The minimum absolute atomic E-state index is 0.0390. The zero-order valence-corrected chi connectivity index (χ0v) is 9.66. The average Bonchev–Trinajstić information content (AvgIpc) is 2.20. The van der Waals surface area contributed by atoms with Gasteiger partial charge in [-0.2, -0.15) is 22.0 Å². The Labute approximate surface area is 97.3 Å². The summed E-state index contributed by atoms with van der Waals surface area (Å²) in [6, 6.07) is 0. The molecule has 102 valence electrons. The Morgan fingerprint density at radius 3 is 2.18 bits per heavy atom. The first-order chi connectivity index (χ1) is 7.70. The normalized spacial score (nSPS) is 14.2. The molecule has 0 amide bonds. The molecule has 0 aliphatic carbocycles.